The molecule has 0 aliphatic carbocycles. The summed E-state index contributed by atoms with van der Waals surface area (Å²) in [5.74, 6) is -1.44. The van der Waals surface area contributed by atoms with Gasteiger partial charge in [0.1, 0.15) is 18.3 Å². The summed E-state index contributed by atoms with van der Waals surface area (Å²) in [7, 11) is 0. The van der Waals surface area contributed by atoms with Crippen LogP contribution in [0.5, 0.6) is 0 Å². The molecular weight excluding hydrogens is 318 g/mol. The van der Waals surface area contributed by atoms with E-state index < -0.39 is 12.0 Å². The molecule has 1 N–H and O–H groups in total. The van der Waals surface area contributed by atoms with Gasteiger partial charge in [-0.05, 0) is 31.5 Å². The van der Waals surface area contributed by atoms with E-state index in [-0.39, 0.29) is 18.0 Å². The number of thiophene rings is 1. The minimum absolute atomic E-state index is 0.312. The molecule has 2 aromatic heterocycles. The van der Waals surface area contributed by atoms with Crippen LogP contribution in [0.25, 0.3) is 10.6 Å². The lowest BCUT2D eigenvalue weighted by Crippen LogP contribution is -2.36. The smallest absolute Gasteiger partial charge is 0.323 e. The molecule has 3 rings (SSSR count). The molecular formula is C15H15N3O4S. The third-order valence-electron chi connectivity index (χ3n) is 3.71. The van der Waals surface area contributed by atoms with Crippen molar-refractivity contribution in [2.24, 2.45) is 0 Å². The van der Waals surface area contributed by atoms with Crippen LogP contribution in [-0.4, -0.2) is 44.8 Å². The number of hydrogen-bond acceptors (Lipinski definition) is 5. The van der Waals surface area contributed by atoms with E-state index in [0.29, 0.717) is 18.7 Å². The summed E-state index contributed by atoms with van der Waals surface area (Å²) in [4.78, 5) is 38.5. The first-order chi connectivity index (χ1) is 11.0. The molecule has 1 atom stereocenters. The Balaban J connectivity index is 1.92. The van der Waals surface area contributed by atoms with Gasteiger partial charge in [0.15, 0.2) is 0 Å². The molecule has 23 heavy (non-hydrogen) atoms. The highest BCUT2D eigenvalue weighted by Gasteiger charge is 2.35. The molecule has 1 aliphatic heterocycles. The fraction of sp³-hybridized carbons (Fsp3) is 0.333. The SMILES string of the molecule is Cc1ccc(-c2ccc(=O)n(C3CCN(CC(=O)O)C3=O)n2)s1. The molecule has 0 radical (unpaired) electrons. The van der Waals surface area contributed by atoms with E-state index in [4.69, 9.17) is 5.11 Å². The number of carboxylic acids is 1. The number of likely N-dealkylation sites (tertiary alicyclic amines) is 1. The van der Waals surface area contributed by atoms with E-state index in [0.717, 1.165) is 9.75 Å². The lowest BCUT2D eigenvalue weighted by molar-refractivity contribution is -0.143. The van der Waals surface area contributed by atoms with Crippen molar-refractivity contribution >= 4 is 23.2 Å². The number of carbonyl (C=O) groups is 2. The van der Waals surface area contributed by atoms with Crippen LogP contribution in [0.2, 0.25) is 0 Å². The Morgan fingerprint density at radius 3 is 2.78 bits per heavy atom. The van der Waals surface area contributed by atoms with Gasteiger partial charge in [-0.2, -0.15) is 5.10 Å². The maximum Gasteiger partial charge on any atom is 0.323 e. The van der Waals surface area contributed by atoms with Crippen LogP contribution in [-0.2, 0) is 9.59 Å². The lowest BCUT2D eigenvalue weighted by atomic mass is 10.2. The van der Waals surface area contributed by atoms with Gasteiger partial charge in [0.05, 0.1) is 4.88 Å². The van der Waals surface area contributed by atoms with Crippen LogP contribution in [0.3, 0.4) is 0 Å². The summed E-state index contributed by atoms with van der Waals surface area (Å²) in [5.41, 5.74) is 0.268. The highest BCUT2D eigenvalue weighted by atomic mass is 32.1. The van der Waals surface area contributed by atoms with Gasteiger partial charge in [0, 0.05) is 17.5 Å². The summed E-state index contributed by atoms with van der Waals surface area (Å²) >= 11 is 1.56. The van der Waals surface area contributed by atoms with E-state index in [2.05, 4.69) is 5.10 Å². The van der Waals surface area contributed by atoms with Gasteiger partial charge >= 0.3 is 5.97 Å². The van der Waals surface area contributed by atoms with Gasteiger partial charge < -0.3 is 10.0 Å². The van der Waals surface area contributed by atoms with Crippen LogP contribution >= 0.6 is 11.3 Å². The monoisotopic (exact) mass is 333 g/mol. The molecule has 1 aliphatic rings. The molecule has 1 saturated heterocycles. The van der Waals surface area contributed by atoms with Crippen LogP contribution in [0.1, 0.15) is 17.3 Å². The van der Waals surface area contributed by atoms with Crippen LogP contribution in [0.15, 0.2) is 29.1 Å². The van der Waals surface area contributed by atoms with Gasteiger partial charge in [-0.15, -0.1) is 11.3 Å². The average Bonchev–Trinajstić information content (AvgIpc) is 3.07. The molecule has 2 aromatic rings. The maximum absolute atomic E-state index is 12.3. The Morgan fingerprint density at radius 2 is 2.13 bits per heavy atom. The van der Waals surface area contributed by atoms with Crippen molar-refractivity contribution in [3.63, 3.8) is 0 Å². The van der Waals surface area contributed by atoms with Crippen LogP contribution in [0.4, 0.5) is 0 Å². The topological polar surface area (TPSA) is 92.5 Å². The normalized spacial score (nSPS) is 17.7. The largest absolute Gasteiger partial charge is 0.480 e. The number of aryl methyl sites for hydroxylation is 1. The molecule has 1 unspecified atom stereocenters. The van der Waals surface area contributed by atoms with Crippen molar-refractivity contribution < 1.29 is 14.7 Å². The minimum Gasteiger partial charge on any atom is -0.480 e. The number of rotatable bonds is 4. The maximum atomic E-state index is 12.3. The highest BCUT2D eigenvalue weighted by Crippen LogP contribution is 2.26. The summed E-state index contributed by atoms with van der Waals surface area (Å²) in [6.45, 7) is 1.94. The predicted octanol–water partition coefficient (Wildman–Crippen LogP) is 1.14. The van der Waals surface area contributed by atoms with Crippen LogP contribution in [0, 0.1) is 6.92 Å². The second-order valence-corrected chi connectivity index (χ2v) is 6.66. The third-order valence-corrected chi connectivity index (χ3v) is 4.73. The Kier molecular flexibility index (Phi) is 3.99. The molecule has 8 heteroatoms. The van der Waals surface area contributed by atoms with Gasteiger partial charge in [-0.3, -0.25) is 14.4 Å². The fourth-order valence-electron chi connectivity index (χ4n) is 2.62. The fourth-order valence-corrected chi connectivity index (χ4v) is 3.45. The lowest BCUT2D eigenvalue weighted by Gasteiger charge is -2.15. The zero-order valence-electron chi connectivity index (χ0n) is 12.4. The van der Waals surface area contributed by atoms with E-state index in [1.165, 1.54) is 15.6 Å². The zero-order chi connectivity index (χ0) is 16.6. The summed E-state index contributed by atoms with van der Waals surface area (Å²) < 4.78 is 1.18. The number of amides is 1. The highest BCUT2D eigenvalue weighted by molar-refractivity contribution is 7.15. The Hall–Kier alpha value is -2.48. The molecule has 1 fully saturated rings. The summed E-state index contributed by atoms with van der Waals surface area (Å²) in [6.07, 6.45) is 0.381. The summed E-state index contributed by atoms with van der Waals surface area (Å²) in [6, 6.07) is 6.18. The first-order valence-corrected chi connectivity index (χ1v) is 7.94. The Bertz CT molecular complexity index is 826. The van der Waals surface area contributed by atoms with Crippen molar-refractivity contribution in [2.45, 2.75) is 19.4 Å². The molecule has 7 nitrogen and oxygen atoms in total. The standard InChI is InChI=1S/C15H15N3O4S/c1-9-2-4-12(23-9)10-3-5-13(19)18(16-10)11-6-7-17(15(11)22)8-14(20)21/h2-5,11H,6-8H2,1H3,(H,20,21). The van der Waals surface area contributed by atoms with Gasteiger partial charge in [-0.1, -0.05) is 0 Å². The van der Waals surface area contributed by atoms with Crippen molar-refractivity contribution in [1.29, 1.82) is 0 Å². The molecule has 3 heterocycles. The second-order valence-electron chi connectivity index (χ2n) is 5.37. The molecule has 0 aromatic carbocycles. The Morgan fingerprint density at radius 1 is 1.35 bits per heavy atom. The van der Waals surface area contributed by atoms with Crippen molar-refractivity contribution in [3.05, 3.63) is 39.5 Å². The van der Waals surface area contributed by atoms with Crippen LogP contribution < -0.4 is 5.56 Å². The van der Waals surface area contributed by atoms with Crippen molar-refractivity contribution in [3.8, 4) is 10.6 Å². The van der Waals surface area contributed by atoms with Crippen molar-refractivity contribution in [1.82, 2.24) is 14.7 Å². The van der Waals surface area contributed by atoms with Gasteiger partial charge in [0.25, 0.3) is 5.56 Å². The van der Waals surface area contributed by atoms with Crippen molar-refractivity contribution in [2.75, 3.05) is 13.1 Å². The molecule has 1 amide bonds. The zero-order valence-corrected chi connectivity index (χ0v) is 13.2. The van der Waals surface area contributed by atoms with E-state index in [1.807, 2.05) is 19.1 Å². The first-order valence-electron chi connectivity index (χ1n) is 7.13. The number of carbonyl (C=O) groups excluding carboxylic acids is 1. The average molecular weight is 333 g/mol. The predicted molar refractivity (Wildman–Crippen MR) is 84.4 cm³/mol. The number of aromatic nitrogens is 2. The first kappa shape index (κ1) is 15.4. The Labute approximate surface area is 135 Å². The molecule has 120 valence electrons. The molecule has 0 bridgehead atoms. The molecule has 0 spiro atoms. The van der Waals surface area contributed by atoms with Gasteiger partial charge in [0.2, 0.25) is 5.91 Å². The van der Waals surface area contributed by atoms with E-state index in [1.54, 1.807) is 17.4 Å². The number of carboxylic acid groups (broad SMARTS) is 1. The van der Waals surface area contributed by atoms with E-state index >= 15 is 0 Å². The quantitative estimate of drug-likeness (QED) is 0.906. The number of nitrogens with zero attached hydrogens (tertiary/aromatic N) is 3. The molecule has 0 saturated carbocycles. The van der Waals surface area contributed by atoms with Gasteiger partial charge in [-0.25, -0.2) is 4.68 Å². The second kappa shape index (κ2) is 5.96. The van der Waals surface area contributed by atoms with E-state index in [9.17, 15) is 14.4 Å². The third kappa shape index (κ3) is 3.02. The summed E-state index contributed by atoms with van der Waals surface area (Å²) in [5, 5.41) is 13.1. The number of aliphatic carboxylic acids is 1. The number of hydrogen-bond donors (Lipinski definition) is 1. The minimum atomic E-state index is -1.07.